The van der Waals surface area contributed by atoms with Crippen LogP contribution in [-0.2, 0) is 0 Å². The van der Waals surface area contributed by atoms with Crippen molar-refractivity contribution in [3.05, 3.63) is 54.6 Å². The van der Waals surface area contributed by atoms with Crippen LogP contribution in [-0.4, -0.2) is 25.7 Å². The summed E-state index contributed by atoms with van der Waals surface area (Å²) in [4.78, 5) is 4.60. The summed E-state index contributed by atoms with van der Waals surface area (Å²) in [5, 5.41) is 8.70. The van der Waals surface area contributed by atoms with Gasteiger partial charge in [-0.2, -0.15) is 0 Å². The van der Waals surface area contributed by atoms with E-state index in [0.717, 1.165) is 22.4 Å². The zero-order valence-corrected chi connectivity index (χ0v) is 13.0. The van der Waals surface area contributed by atoms with Gasteiger partial charge >= 0.3 is 0 Å². The van der Waals surface area contributed by atoms with E-state index >= 15 is 0 Å². The summed E-state index contributed by atoms with van der Waals surface area (Å²) in [5.41, 5.74) is 3.46. The van der Waals surface area contributed by atoms with Gasteiger partial charge in [-0.15, -0.1) is 10.2 Å². The topological polar surface area (TPSA) is 52.3 Å². The highest BCUT2D eigenvalue weighted by atomic mass is 16.5. The summed E-state index contributed by atoms with van der Waals surface area (Å²) in [5.74, 6) is 1.29. The molecule has 2 aromatic heterocycles. The number of aromatic nitrogens is 4. The normalized spacial score (nSPS) is 11.4. The molecule has 0 fully saturated rings. The Bertz CT molecular complexity index is 976. The quantitative estimate of drug-likeness (QED) is 0.578. The minimum Gasteiger partial charge on any atom is -0.472 e. The van der Waals surface area contributed by atoms with Crippen molar-refractivity contribution < 1.29 is 4.74 Å². The summed E-state index contributed by atoms with van der Waals surface area (Å²) < 4.78 is 7.86. The minimum absolute atomic E-state index is 0.0179. The van der Waals surface area contributed by atoms with Gasteiger partial charge in [0.2, 0.25) is 5.65 Å². The average molecular weight is 304 g/mol. The molecule has 0 atom stereocenters. The molecule has 4 rings (SSSR count). The van der Waals surface area contributed by atoms with Gasteiger partial charge in [-0.3, -0.25) is 4.40 Å². The fraction of sp³-hybridized carbons (Fsp3) is 0.167. The van der Waals surface area contributed by atoms with Crippen LogP contribution in [0.25, 0.3) is 28.1 Å². The summed E-state index contributed by atoms with van der Waals surface area (Å²) in [7, 11) is 0. The van der Waals surface area contributed by atoms with Gasteiger partial charge in [0.25, 0.3) is 5.88 Å². The Kier molecular flexibility index (Phi) is 3.19. The second kappa shape index (κ2) is 5.35. The van der Waals surface area contributed by atoms with Crippen molar-refractivity contribution in [1.29, 1.82) is 0 Å². The van der Waals surface area contributed by atoms with Crippen molar-refractivity contribution in [2.24, 2.45) is 0 Å². The van der Waals surface area contributed by atoms with Gasteiger partial charge in [-0.1, -0.05) is 42.5 Å². The number of nitrogens with zero attached hydrogens (tertiary/aromatic N) is 4. The molecular weight excluding hydrogens is 288 g/mol. The number of fused-ring (bicyclic) bond motifs is 3. The largest absolute Gasteiger partial charge is 0.472 e. The lowest BCUT2D eigenvalue weighted by Crippen LogP contribution is -2.09. The molecule has 0 radical (unpaired) electrons. The Labute approximate surface area is 133 Å². The molecule has 0 saturated heterocycles. The molecule has 0 amide bonds. The standard InChI is InChI=1S/C18H16N4O/c1-12(2)23-18-17-21-20-16(13-8-4-3-5-9-13)22(17)15-11-7-6-10-14(15)19-18/h3-12H,1-2H3. The van der Waals surface area contributed by atoms with Crippen molar-refractivity contribution in [2.75, 3.05) is 0 Å². The van der Waals surface area contributed by atoms with Crippen molar-refractivity contribution >= 4 is 16.7 Å². The van der Waals surface area contributed by atoms with Gasteiger partial charge in [0.05, 0.1) is 17.1 Å². The lowest BCUT2D eigenvalue weighted by atomic mass is 10.2. The van der Waals surface area contributed by atoms with Gasteiger partial charge in [0, 0.05) is 5.56 Å². The Balaban J connectivity index is 2.09. The third-order valence-corrected chi connectivity index (χ3v) is 3.58. The monoisotopic (exact) mass is 304 g/mol. The molecule has 0 aliphatic rings. The van der Waals surface area contributed by atoms with Gasteiger partial charge in [-0.05, 0) is 26.0 Å². The Morgan fingerprint density at radius 3 is 2.43 bits per heavy atom. The summed E-state index contributed by atoms with van der Waals surface area (Å²) in [6, 6.07) is 18.0. The van der Waals surface area contributed by atoms with Crippen molar-refractivity contribution in [1.82, 2.24) is 19.6 Å². The molecular formula is C18H16N4O. The molecule has 4 aromatic rings. The lowest BCUT2D eigenvalue weighted by molar-refractivity contribution is 0.235. The van der Waals surface area contributed by atoms with Crippen LogP contribution in [0, 0.1) is 0 Å². The molecule has 0 N–H and O–H groups in total. The molecule has 0 unspecified atom stereocenters. The molecule has 0 bridgehead atoms. The van der Waals surface area contributed by atoms with E-state index in [1.165, 1.54) is 0 Å². The SMILES string of the molecule is CC(C)Oc1nc2ccccc2n2c(-c3ccccc3)nnc12. The minimum atomic E-state index is 0.0179. The zero-order chi connectivity index (χ0) is 15.8. The molecule has 0 aliphatic carbocycles. The number of hydrogen-bond donors (Lipinski definition) is 0. The van der Waals surface area contributed by atoms with Crippen LogP contribution in [0.15, 0.2) is 54.6 Å². The van der Waals surface area contributed by atoms with E-state index in [9.17, 15) is 0 Å². The van der Waals surface area contributed by atoms with Gasteiger partial charge in [0.15, 0.2) is 5.82 Å². The number of rotatable bonds is 3. The van der Waals surface area contributed by atoms with Crippen molar-refractivity contribution in [3.63, 3.8) is 0 Å². The summed E-state index contributed by atoms with van der Waals surface area (Å²) in [6.07, 6.45) is 0.0179. The molecule has 0 spiro atoms. The number of para-hydroxylation sites is 2. The fourth-order valence-corrected chi connectivity index (χ4v) is 2.63. The summed E-state index contributed by atoms with van der Waals surface area (Å²) in [6.45, 7) is 3.95. The number of hydrogen-bond acceptors (Lipinski definition) is 4. The highest BCUT2D eigenvalue weighted by Crippen LogP contribution is 2.28. The first-order chi connectivity index (χ1) is 11.2. The average Bonchev–Trinajstić information content (AvgIpc) is 3.01. The van der Waals surface area contributed by atoms with Crippen LogP contribution in [0.3, 0.4) is 0 Å². The van der Waals surface area contributed by atoms with E-state index in [1.54, 1.807) is 0 Å². The first kappa shape index (κ1) is 13.7. The molecule has 0 aliphatic heterocycles. The first-order valence-corrected chi connectivity index (χ1v) is 7.60. The van der Waals surface area contributed by atoms with Gasteiger partial charge in [-0.25, -0.2) is 4.98 Å². The third kappa shape index (κ3) is 2.30. The van der Waals surface area contributed by atoms with Crippen molar-refractivity contribution in [3.8, 4) is 17.3 Å². The van der Waals surface area contributed by atoms with Crippen molar-refractivity contribution in [2.45, 2.75) is 20.0 Å². The van der Waals surface area contributed by atoms with E-state index in [4.69, 9.17) is 4.74 Å². The zero-order valence-electron chi connectivity index (χ0n) is 13.0. The molecule has 23 heavy (non-hydrogen) atoms. The van der Waals surface area contributed by atoms with E-state index in [0.29, 0.717) is 11.5 Å². The van der Waals surface area contributed by atoms with Crippen LogP contribution < -0.4 is 4.74 Å². The smallest absolute Gasteiger partial charge is 0.261 e. The van der Waals surface area contributed by atoms with E-state index in [2.05, 4.69) is 15.2 Å². The fourth-order valence-electron chi connectivity index (χ4n) is 2.63. The highest BCUT2D eigenvalue weighted by Gasteiger charge is 2.17. The predicted octanol–water partition coefficient (Wildman–Crippen LogP) is 3.73. The highest BCUT2D eigenvalue weighted by molar-refractivity contribution is 5.82. The van der Waals surface area contributed by atoms with Crippen LogP contribution in [0.5, 0.6) is 5.88 Å². The van der Waals surface area contributed by atoms with Crippen LogP contribution in [0.1, 0.15) is 13.8 Å². The van der Waals surface area contributed by atoms with Crippen LogP contribution >= 0.6 is 0 Å². The molecule has 5 heteroatoms. The number of ether oxygens (including phenoxy) is 1. The Morgan fingerprint density at radius 2 is 1.65 bits per heavy atom. The maximum Gasteiger partial charge on any atom is 0.261 e. The molecule has 114 valence electrons. The van der Waals surface area contributed by atoms with E-state index < -0.39 is 0 Å². The third-order valence-electron chi connectivity index (χ3n) is 3.58. The molecule has 2 aromatic carbocycles. The second-order valence-electron chi connectivity index (χ2n) is 5.62. The predicted molar refractivity (Wildman–Crippen MR) is 89.5 cm³/mol. The second-order valence-corrected chi connectivity index (χ2v) is 5.62. The van der Waals surface area contributed by atoms with Gasteiger partial charge in [0.1, 0.15) is 0 Å². The summed E-state index contributed by atoms with van der Waals surface area (Å²) >= 11 is 0. The maximum atomic E-state index is 5.85. The number of benzene rings is 2. The molecule has 5 nitrogen and oxygen atoms in total. The maximum absolute atomic E-state index is 5.85. The Morgan fingerprint density at radius 1 is 0.913 bits per heavy atom. The van der Waals surface area contributed by atoms with E-state index in [1.807, 2.05) is 72.8 Å². The van der Waals surface area contributed by atoms with Gasteiger partial charge < -0.3 is 4.74 Å². The lowest BCUT2D eigenvalue weighted by Gasteiger charge is -2.11. The first-order valence-electron chi connectivity index (χ1n) is 7.60. The van der Waals surface area contributed by atoms with Crippen LogP contribution in [0.4, 0.5) is 0 Å². The van der Waals surface area contributed by atoms with E-state index in [-0.39, 0.29) is 6.10 Å². The Hall–Kier alpha value is -2.95. The molecule has 0 saturated carbocycles. The molecule has 2 heterocycles. The van der Waals surface area contributed by atoms with Crippen LogP contribution in [0.2, 0.25) is 0 Å².